The summed E-state index contributed by atoms with van der Waals surface area (Å²) in [6, 6.07) is 5.41. The van der Waals surface area contributed by atoms with Gasteiger partial charge in [-0.1, -0.05) is 6.07 Å². The van der Waals surface area contributed by atoms with Crippen LogP contribution in [0.4, 0.5) is 0 Å². The second kappa shape index (κ2) is 4.89. The van der Waals surface area contributed by atoms with Gasteiger partial charge >= 0.3 is 5.97 Å². The van der Waals surface area contributed by atoms with Crippen molar-refractivity contribution >= 4 is 28.7 Å². The molecule has 1 aromatic carbocycles. The predicted molar refractivity (Wildman–Crippen MR) is 59.5 cm³/mol. The van der Waals surface area contributed by atoms with Crippen molar-refractivity contribution in [3.8, 4) is 5.75 Å². The van der Waals surface area contributed by atoms with Crippen LogP contribution >= 0.6 is 11.7 Å². The number of aromatic nitrogens is 2. The molecule has 0 saturated carbocycles. The zero-order valence-electron chi connectivity index (χ0n) is 8.67. The summed E-state index contributed by atoms with van der Waals surface area (Å²) in [7, 11) is 0. The monoisotopic (exact) mass is 238 g/mol. The Kier molecular flexibility index (Phi) is 3.31. The highest BCUT2D eigenvalue weighted by Gasteiger charge is 2.08. The van der Waals surface area contributed by atoms with Gasteiger partial charge in [-0.2, -0.15) is 8.75 Å². The lowest BCUT2D eigenvalue weighted by Gasteiger charge is -2.05. The Labute approximate surface area is 96.3 Å². The Morgan fingerprint density at radius 3 is 3.12 bits per heavy atom. The van der Waals surface area contributed by atoms with Crippen LogP contribution in [0, 0.1) is 0 Å². The highest BCUT2D eigenvalue weighted by molar-refractivity contribution is 7.00. The average Bonchev–Trinajstić information content (AvgIpc) is 2.75. The lowest BCUT2D eigenvalue weighted by molar-refractivity contribution is -0.145. The fourth-order valence-corrected chi connectivity index (χ4v) is 1.78. The SMILES string of the molecule is CCOC(=O)COc1cccc2nsnc12. The second-order valence-electron chi connectivity index (χ2n) is 2.98. The third-order valence-electron chi connectivity index (χ3n) is 1.90. The van der Waals surface area contributed by atoms with Gasteiger partial charge in [-0.15, -0.1) is 0 Å². The Morgan fingerprint density at radius 1 is 1.44 bits per heavy atom. The molecule has 5 nitrogen and oxygen atoms in total. The smallest absolute Gasteiger partial charge is 0.344 e. The zero-order chi connectivity index (χ0) is 11.4. The largest absolute Gasteiger partial charge is 0.480 e. The number of rotatable bonds is 4. The van der Waals surface area contributed by atoms with E-state index in [-0.39, 0.29) is 12.6 Å². The summed E-state index contributed by atoms with van der Waals surface area (Å²) >= 11 is 1.12. The van der Waals surface area contributed by atoms with E-state index >= 15 is 0 Å². The van der Waals surface area contributed by atoms with Gasteiger partial charge in [0.25, 0.3) is 0 Å². The van der Waals surface area contributed by atoms with Gasteiger partial charge in [0.2, 0.25) is 0 Å². The molecule has 1 aromatic heterocycles. The molecule has 2 aromatic rings. The minimum Gasteiger partial charge on any atom is -0.480 e. The van der Waals surface area contributed by atoms with Crippen LogP contribution in [0.1, 0.15) is 6.92 Å². The quantitative estimate of drug-likeness (QED) is 0.758. The first-order chi connectivity index (χ1) is 7.81. The maximum absolute atomic E-state index is 11.1. The van der Waals surface area contributed by atoms with Crippen LogP contribution in [0.3, 0.4) is 0 Å². The van der Waals surface area contributed by atoms with Crippen molar-refractivity contribution in [2.24, 2.45) is 0 Å². The highest BCUT2D eigenvalue weighted by atomic mass is 32.1. The third kappa shape index (κ3) is 2.27. The molecule has 0 atom stereocenters. The van der Waals surface area contributed by atoms with Crippen LogP contribution < -0.4 is 4.74 Å². The van der Waals surface area contributed by atoms with Gasteiger partial charge in [0.1, 0.15) is 16.8 Å². The molecule has 0 aliphatic carbocycles. The summed E-state index contributed by atoms with van der Waals surface area (Å²) in [6.07, 6.45) is 0. The molecule has 0 bridgehead atoms. The van der Waals surface area contributed by atoms with Crippen molar-refractivity contribution in [1.29, 1.82) is 0 Å². The first-order valence-corrected chi connectivity index (χ1v) is 5.54. The minimum absolute atomic E-state index is 0.107. The van der Waals surface area contributed by atoms with Crippen molar-refractivity contribution in [2.75, 3.05) is 13.2 Å². The van der Waals surface area contributed by atoms with Crippen LogP contribution in [0.5, 0.6) is 5.75 Å². The second-order valence-corrected chi connectivity index (χ2v) is 3.51. The number of hydrogen-bond acceptors (Lipinski definition) is 6. The molecular weight excluding hydrogens is 228 g/mol. The summed E-state index contributed by atoms with van der Waals surface area (Å²) < 4.78 is 18.3. The van der Waals surface area contributed by atoms with Crippen LogP contribution in [0.15, 0.2) is 18.2 Å². The van der Waals surface area contributed by atoms with Crippen LogP contribution in [-0.2, 0) is 9.53 Å². The summed E-state index contributed by atoms with van der Waals surface area (Å²) in [5, 5.41) is 0. The lowest BCUT2D eigenvalue weighted by atomic mass is 10.3. The minimum atomic E-state index is -0.386. The molecule has 0 radical (unpaired) electrons. The summed E-state index contributed by atoms with van der Waals surface area (Å²) in [6.45, 7) is 2.00. The molecule has 16 heavy (non-hydrogen) atoms. The molecular formula is C10H10N2O3S. The van der Waals surface area contributed by atoms with Gasteiger partial charge in [-0.25, -0.2) is 4.79 Å². The molecule has 0 spiro atoms. The Morgan fingerprint density at radius 2 is 2.31 bits per heavy atom. The van der Waals surface area contributed by atoms with E-state index in [0.29, 0.717) is 17.9 Å². The van der Waals surface area contributed by atoms with Crippen molar-refractivity contribution in [3.05, 3.63) is 18.2 Å². The van der Waals surface area contributed by atoms with E-state index in [1.54, 1.807) is 13.0 Å². The fourth-order valence-electron chi connectivity index (χ4n) is 1.24. The molecule has 0 unspecified atom stereocenters. The normalized spacial score (nSPS) is 10.3. The molecule has 0 N–H and O–H groups in total. The van der Waals surface area contributed by atoms with E-state index in [2.05, 4.69) is 8.75 Å². The third-order valence-corrected chi connectivity index (χ3v) is 2.44. The molecule has 6 heteroatoms. The number of carbonyl (C=O) groups excluding carboxylic acids is 1. The van der Waals surface area contributed by atoms with Gasteiger partial charge < -0.3 is 9.47 Å². The van der Waals surface area contributed by atoms with E-state index in [9.17, 15) is 4.79 Å². The van der Waals surface area contributed by atoms with E-state index in [1.807, 2.05) is 12.1 Å². The maximum atomic E-state index is 11.1. The first kappa shape index (κ1) is 10.8. The van der Waals surface area contributed by atoms with Crippen molar-refractivity contribution in [3.63, 3.8) is 0 Å². The number of carbonyl (C=O) groups is 1. The topological polar surface area (TPSA) is 61.3 Å². The van der Waals surface area contributed by atoms with Crippen LogP contribution in [0.25, 0.3) is 11.0 Å². The Hall–Kier alpha value is -1.69. The van der Waals surface area contributed by atoms with E-state index < -0.39 is 0 Å². The molecule has 2 rings (SSSR count). The van der Waals surface area contributed by atoms with Crippen molar-refractivity contribution < 1.29 is 14.3 Å². The van der Waals surface area contributed by atoms with Gasteiger partial charge in [0.05, 0.1) is 18.3 Å². The predicted octanol–water partition coefficient (Wildman–Crippen LogP) is 1.63. The molecule has 0 amide bonds. The standard InChI is InChI=1S/C10H10N2O3S/c1-2-14-9(13)6-15-8-5-3-4-7-10(8)12-16-11-7/h3-5H,2,6H2,1H3. The van der Waals surface area contributed by atoms with Crippen molar-refractivity contribution in [1.82, 2.24) is 8.75 Å². The molecule has 0 aliphatic rings. The maximum Gasteiger partial charge on any atom is 0.344 e. The Balaban J connectivity index is 2.09. The summed E-state index contributed by atoms with van der Waals surface area (Å²) in [5.74, 6) is 0.169. The summed E-state index contributed by atoms with van der Waals surface area (Å²) in [4.78, 5) is 11.1. The Bertz CT molecular complexity index is 498. The number of nitrogens with zero attached hydrogens (tertiary/aromatic N) is 2. The van der Waals surface area contributed by atoms with Crippen LogP contribution in [-0.4, -0.2) is 27.9 Å². The van der Waals surface area contributed by atoms with Gasteiger partial charge in [0, 0.05) is 0 Å². The van der Waals surface area contributed by atoms with Crippen molar-refractivity contribution in [2.45, 2.75) is 6.92 Å². The number of esters is 1. The fraction of sp³-hybridized carbons (Fsp3) is 0.300. The highest BCUT2D eigenvalue weighted by Crippen LogP contribution is 2.23. The molecule has 0 saturated heterocycles. The van der Waals surface area contributed by atoms with E-state index in [4.69, 9.17) is 9.47 Å². The van der Waals surface area contributed by atoms with Gasteiger partial charge in [0.15, 0.2) is 6.61 Å². The number of ether oxygens (including phenoxy) is 2. The summed E-state index contributed by atoms with van der Waals surface area (Å²) in [5.41, 5.74) is 1.45. The first-order valence-electron chi connectivity index (χ1n) is 4.81. The molecule has 0 fully saturated rings. The lowest BCUT2D eigenvalue weighted by Crippen LogP contribution is -2.14. The molecule has 1 heterocycles. The van der Waals surface area contributed by atoms with Crippen LogP contribution in [0.2, 0.25) is 0 Å². The average molecular weight is 238 g/mol. The van der Waals surface area contributed by atoms with E-state index in [0.717, 1.165) is 17.2 Å². The van der Waals surface area contributed by atoms with Gasteiger partial charge in [-0.3, -0.25) is 0 Å². The number of benzene rings is 1. The zero-order valence-corrected chi connectivity index (χ0v) is 9.49. The molecule has 84 valence electrons. The van der Waals surface area contributed by atoms with Gasteiger partial charge in [-0.05, 0) is 19.1 Å². The molecule has 0 aliphatic heterocycles. The number of fused-ring (bicyclic) bond motifs is 1. The number of hydrogen-bond donors (Lipinski definition) is 0. The van der Waals surface area contributed by atoms with E-state index in [1.165, 1.54) is 0 Å².